The van der Waals surface area contributed by atoms with Gasteiger partial charge in [0.1, 0.15) is 0 Å². The monoisotopic (exact) mass is 296 g/mol. The second kappa shape index (κ2) is 6.63. The first-order valence-electron chi connectivity index (χ1n) is 5.66. The second-order valence-corrected chi connectivity index (χ2v) is 4.92. The maximum atomic E-state index is 9.37. The summed E-state index contributed by atoms with van der Waals surface area (Å²) in [6.45, 7) is 5.46. The number of halogens is 1. The summed E-state index contributed by atoms with van der Waals surface area (Å²) in [5, 5.41) is 18.2. The number of nitriles is 1. The minimum atomic E-state index is -0.0230. The van der Waals surface area contributed by atoms with Crippen LogP contribution in [0.5, 0.6) is 0 Å². The summed E-state index contributed by atoms with van der Waals surface area (Å²) in [5.74, 6) is -0.0230. The summed E-state index contributed by atoms with van der Waals surface area (Å²) in [6.07, 6.45) is 0. The molecule has 3 nitrogen and oxygen atoms in total. The van der Waals surface area contributed by atoms with E-state index in [1.165, 1.54) is 0 Å². The van der Waals surface area contributed by atoms with Crippen LogP contribution < -0.4 is 4.90 Å². The maximum absolute atomic E-state index is 9.37. The average Bonchev–Trinajstić information content (AvgIpc) is 2.35. The van der Waals surface area contributed by atoms with E-state index in [9.17, 15) is 5.11 Å². The Morgan fingerprint density at radius 1 is 1.53 bits per heavy atom. The van der Waals surface area contributed by atoms with Crippen LogP contribution in [0, 0.1) is 17.2 Å². The summed E-state index contributed by atoms with van der Waals surface area (Å²) in [4.78, 5) is 2.12. The predicted octanol–water partition coefficient (Wildman–Crippen LogP) is 2.93. The van der Waals surface area contributed by atoms with Crippen LogP contribution in [0.3, 0.4) is 0 Å². The molecule has 0 aromatic heterocycles. The SMILES string of the molecule is CCN(CC(C)C#N)c1ccc(Br)cc1CO. The summed E-state index contributed by atoms with van der Waals surface area (Å²) < 4.78 is 0.953. The Kier molecular flexibility index (Phi) is 5.46. The Balaban J connectivity index is 2.99. The van der Waals surface area contributed by atoms with Gasteiger partial charge in [-0.1, -0.05) is 15.9 Å². The summed E-state index contributed by atoms with van der Waals surface area (Å²) >= 11 is 3.39. The minimum absolute atomic E-state index is 0.00616. The van der Waals surface area contributed by atoms with E-state index in [-0.39, 0.29) is 12.5 Å². The Morgan fingerprint density at radius 2 is 2.24 bits per heavy atom. The zero-order valence-electron chi connectivity index (χ0n) is 10.2. The summed E-state index contributed by atoms with van der Waals surface area (Å²) in [5.41, 5.74) is 1.88. The molecule has 92 valence electrons. The molecule has 0 radical (unpaired) electrons. The van der Waals surface area contributed by atoms with Gasteiger partial charge in [0.05, 0.1) is 18.6 Å². The van der Waals surface area contributed by atoms with Gasteiger partial charge in [-0.2, -0.15) is 5.26 Å². The number of benzene rings is 1. The van der Waals surface area contributed by atoms with Crippen LogP contribution in [-0.4, -0.2) is 18.2 Å². The molecule has 0 fully saturated rings. The largest absolute Gasteiger partial charge is 0.392 e. The molecule has 1 unspecified atom stereocenters. The highest BCUT2D eigenvalue weighted by Crippen LogP contribution is 2.25. The molecule has 1 aromatic rings. The van der Waals surface area contributed by atoms with E-state index in [1.807, 2.05) is 32.0 Å². The highest BCUT2D eigenvalue weighted by atomic mass is 79.9. The van der Waals surface area contributed by atoms with Crippen molar-refractivity contribution in [2.45, 2.75) is 20.5 Å². The Morgan fingerprint density at radius 3 is 2.76 bits per heavy atom. The van der Waals surface area contributed by atoms with Gasteiger partial charge in [0, 0.05) is 28.8 Å². The molecule has 4 heteroatoms. The van der Waals surface area contributed by atoms with Crippen LogP contribution in [0.15, 0.2) is 22.7 Å². The van der Waals surface area contributed by atoms with Crippen molar-refractivity contribution in [1.82, 2.24) is 0 Å². The fourth-order valence-electron chi connectivity index (χ4n) is 1.76. The lowest BCUT2D eigenvalue weighted by molar-refractivity contribution is 0.282. The number of aliphatic hydroxyl groups is 1. The van der Waals surface area contributed by atoms with Gasteiger partial charge >= 0.3 is 0 Å². The van der Waals surface area contributed by atoms with Gasteiger partial charge in [0.25, 0.3) is 0 Å². The maximum Gasteiger partial charge on any atom is 0.0702 e. The van der Waals surface area contributed by atoms with Crippen LogP contribution in [0.25, 0.3) is 0 Å². The van der Waals surface area contributed by atoms with Crippen molar-refractivity contribution in [3.8, 4) is 6.07 Å². The number of rotatable bonds is 5. The van der Waals surface area contributed by atoms with Crippen molar-refractivity contribution < 1.29 is 5.11 Å². The van der Waals surface area contributed by atoms with Gasteiger partial charge in [0.2, 0.25) is 0 Å². The van der Waals surface area contributed by atoms with E-state index in [1.54, 1.807) is 0 Å². The quantitative estimate of drug-likeness (QED) is 0.909. The van der Waals surface area contributed by atoms with E-state index in [4.69, 9.17) is 5.26 Å². The van der Waals surface area contributed by atoms with Crippen LogP contribution in [0.1, 0.15) is 19.4 Å². The van der Waals surface area contributed by atoms with Crippen molar-refractivity contribution in [2.24, 2.45) is 5.92 Å². The normalized spacial score (nSPS) is 11.9. The molecule has 0 aliphatic rings. The third-order valence-corrected chi connectivity index (χ3v) is 3.14. The third kappa shape index (κ3) is 3.72. The van der Waals surface area contributed by atoms with Crippen molar-refractivity contribution in [1.29, 1.82) is 5.26 Å². The zero-order valence-corrected chi connectivity index (χ0v) is 11.7. The van der Waals surface area contributed by atoms with Crippen LogP contribution in [-0.2, 0) is 6.61 Å². The number of hydrogen-bond donors (Lipinski definition) is 1. The molecule has 0 aliphatic heterocycles. The number of anilines is 1. The molecule has 0 saturated carbocycles. The molecule has 1 rings (SSSR count). The second-order valence-electron chi connectivity index (χ2n) is 4.00. The summed E-state index contributed by atoms with van der Waals surface area (Å²) in [7, 11) is 0. The first-order valence-corrected chi connectivity index (χ1v) is 6.45. The van der Waals surface area contributed by atoms with Crippen molar-refractivity contribution in [3.05, 3.63) is 28.2 Å². The predicted molar refractivity (Wildman–Crippen MR) is 72.7 cm³/mol. The summed E-state index contributed by atoms with van der Waals surface area (Å²) in [6, 6.07) is 8.07. The van der Waals surface area contributed by atoms with E-state index in [0.717, 1.165) is 22.3 Å². The average molecular weight is 297 g/mol. The molecule has 1 N–H and O–H groups in total. The highest BCUT2D eigenvalue weighted by molar-refractivity contribution is 9.10. The minimum Gasteiger partial charge on any atom is -0.392 e. The molecule has 0 bridgehead atoms. The van der Waals surface area contributed by atoms with Crippen molar-refractivity contribution in [2.75, 3.05) is 18.0 Å². The molecule has 0 saturated heterocycles. The van der Waals surface area contributed by atoms with Gasteiger partial charge in [-0.3, -0.25) is 0 Å². The number of nitrogens with zero attached hydrogens (tertiary/aromatic N) is 2. The third-order valence-electron chi connectivity index (χ3n) is 2.65. The van der Waals surface area contributed by atoms with Crippen LogP contribution in [0.4, 0.5) is 5.69 Å². The molecule has 0 spiro atoms. The van der Waals surface area contributed by atoms with Crippen LogP contribution >= 0.6 is 15.9 Å². The molecule has 17 heavy (non-hydrogen) atoms. The van der Waals surface area contributed by atoms with Crippen molar-refractivity contribution >= 4 is 21.6 Å². The Bertz CT molecular complexity index is 414. The van der Waals surface area contributed by atoms with E-state index in [0.29, 0.717) is 6.54 Å². The number of aliphatic hydroxyl groups excluding tert-OH is 1. The standard InChI is InChI=1S/C13H17BrN2O/c1-3-16(8-10(2)7-15)13-5-4-12(14)6-11(13)9-17/h4-6,10,17H,3,8-9H2,1-2H3. The van der Waals surface area contributed by atoms with E-state index in [2.05, 4.69) is 26.9 Å². The molecule has 0 heterocycles. The van der Waals surface area contributed by atoms with E-state index >= 15 is 0 Å². The zero-order chi connectivity index (χ0) is 12.8. The van der Waals surface area contributed by atoms with Gasteiger partial charge in [0.15, 0.2) is 0 Å². The van der Waals surface area contributed by atoms with Crippen molar-refractivity contribution in [3.63, 3.8) is 0 Å². The fraction of sp³-hybridized carbons (Fsp3) is 0.462. The smallest absolute Gasteiger partial charge is 0.0702 e. The topological polar surface area (TPSA) is 47.3 Å². The lowest BCUT2D eigenvalue weighted by Gasteiger charge is -2.26. The molecule has 1 atom stereocenters. The Hall–Kier alpha value is -1.05. The molecule has 1 aromatic carbocycles. The van der Waals surface area contributed by atoms with Gasteiger partial charge in [-0.25, -0.2) is 0 Å². The first-order chi connectivity index (χ1) is 8.12. The van der Waals surface area contributed by atoms with Gasteiger partial charge < -0.3 is 10.0 Å². The lowest BCUT2D eigenvalue weighted by Crippen LogP contribution is -2.28. The molecule has 0 amide bonds. The van der Waals surface area contributed by atoms with Crippen LogP contribution in [0.2, 0.25) is 0 Å². The molecular formula is C13H17BrN2O. The fourth-order valence-corrected chi connectivity index (χ4v) is 2.17. The van der Waals surface area contributed by atoms with Gasteiger partial charge in [-0.15, -0.1) is 0 Å². The van der Waals surface area contributed by atoms with Gasteiger partial charge in [-0.05, 0) is 32.0 Å². The highest BCUT2D eigenvalue weighted by Gasteiger charge is 2.12. The van der Waals surface area contributed by atoms with E-state index < -0.39 is 0 Å². The first kappa shape index (κ1) is 14.0. The lowest BCUT2D eigenvalue weighted by atomic mass is 10.1. The Labute approximate surface area is 111 Å². The molecule has 0 aliphatic carbocycles. The number of hydrogen-bond acceptors (Lipinski definition) is 3. The molecular weight excluding hydrogens is 280 g/mol.